The molecule has 2 aromatic rings. The van der Waals surface area contributed by atoms with Crippen LogP contribution < -0.4 is 5.32 Å². The van der Waals surface area contributed by atoms with E-state index in [0.717, 1.165) is 36.8 Å². The first-order chi connectivity index (χ1) is 17.0. The van der Waals surface area contributed by atoms with Gasteiger partial charge in [-0.25, -0.2) is 0 Å². The minimum Gasteiger partial charge on any atom is -0.346 e. The second-order valence-electron chi connectivity index (χ2n) is 9.10. The Kier molecular flexibility index (Phi) is 8.13. The standard InChI is InChI=1S/C27H32N4O4/c32-24-25(33)31(20-22-11-5-2-6-12-22)23(19-28-24)13-7-8-15-29-17-18-30(27(35)26(29)34)16-14-21-9-3-1-4-10-21/h1-6,9-12,23H,7-8,13-20H2,(H,28,32)/t23-/m0/s1. The van der Waals surface area contributed by atoms with Gasteiger partial charge in [-0.1, -0.05) is 60.7 Å². The molecule has 8 nitrogen and oxygen atoms in total. The van der Waals surface area contributed by atoms with Gasteiger partial charge in [-0.05, 0) is 36.8 Å². The molecule has 1 N–H and O–H groups in total. The van der Waals surface area contributed by atoms with E-state index in [0.29, 0.717) is 39.3 Å². The first kappa shape index (κ1) is 24.4. The van der Waals surface area contributed by atoms with Crippen LogP contribution in [0.5, 0.6) is 0 Å². The van der Waals surface area contributed by atoms with Gasteiger partial charge >= 0.3 is 23.6 Å². The van der Waals surface area contributed by atoms with Crippen LogP contribution >= 0.6 is 0 Å². The maximum Gasteiger partial charge on any atom is 0.312 e. The van der Waals surface area contributed by atoms with Gasteiger partial charge in [0, 0.05) is 45.3 Å². The molecule has 35 heavy (non-hydrogen) atoms. The lowest BCUT2D eigenvalue weighted by Gasteiger charge is -2.36. The lowest BCUT2D eigenvalue weighted by atomic mass is 10.0. The molecule has 2 aromatic carbocycles. The quantitative estimate of drug-likeness (QED) is 0.417. The van der Waals surface area contributed by atoms with Crippen molar-refractivity contribution in [3.63, 3.8) is 0 Å². The van der Waals surface area contributed by atoms with Crippen LogP contribution in [0.3, 0.4) is 0 Å². The van der Waals surface area contributed by atoms with E-state index in [1.54, 1.807) is 14.7 Å². The lowest BCUT2D eigenvalue weighted by Crippen LogP contribution is -2.57. The summed E-state index contributed by atoms with van der Waals surface area (Å²) in [5.41, 5.74) is 2.13. The molecule has 4 amide bonds. The summed E-state index contributed by atoms with van der Waals surface area (Å²) in [5.74, 6) is -1.93. The molecule has 2 fully saturated rings. The molecule has 0 unspecified atom stereocenters. The van der Waals surface area contributed by atoms with Crippen LogP contribution in [0.1, 0.15) is 30.4 Å². The van der Waals surface area contributed by atoms with Crippen molar-refractivity contribution >= 4 is 23.6 Å². The van der Waals surface area contributed by atoms with Gasteiger partial charge in [0.2, 0.25) is 0 Å². The Labute approximate surface area is 205 Å². The van der Waals surface area contributed by atoms with Gasteiger partial charge in [-0.2, -0.15) is 0 Å². The maximum absolute atomic E-state index is 12.6. The third-order valence-electron chi connectivity index (χ3n) is 6.72. The minimum absolute atomic E-state index is 0.0902. The largest absolute Gasteiger partial charge is 0.346 e. The Morgan fingerprint density at radius 2 is 1.31 bits per heavy atom. The number of nitrogens with zero attached hydrogens (tertiary/aromatic N) is 3. The van der Waals surface area contributed by atoms with Gasteiger partial charge in [0.25, 0.3) is 0 Å². The first-order valence-electron chi connectivity index (χ1n) is 12.3. The number of carbonyl (C=O) groups is 4. The lowest BCUT2D eigenvalue weighted by molar-refractivity contribution is -0.156. The third kappa shape index (κ3) is 6.26. The number of rotatable bonds is 10. The summed E-state index contributed by atoms with van der Waals surface area (Å²) in [4.78, 5) is 54.5. The van der Waals surface area contributed by atoms with Gasteiger partial charge in [-0.3, -0.25) is 19.2 Å². The molecule has 0 aliphatic carbocycles. The number of hydrogen-bond acceptors (Lipinski definition) is 4. The Morgan fingerprint density at radius 3 is 1.97 bits per heavy atom. The molecule has 8 heteroatoms. The monoisotopic (exact) mass is 476 g/mol. The maximum atomic E-state index is 12.6. The summed E-state index contributed by atoms with van der Waals surface area (Å²) < 4.78 is 0. The van der Waals surface area contributed by atoms with E-state index in [2.05, 4.69) is 5.32 Å². The number of hydrogen-bond donors (Lipinski definition) is 1. The van der Waals surface area contributed by atoms with Crippen molar-refractivity contribution in [3.8, 4) is 0 Å². The molecule has 2 heterocycles. The number of amides is 4. The van der Waals surface area contributed by atoms with Crippen LogP contribution in [-0.4, -0.2) is 77.1 Å². The second-order valence-corrected chi connectivity index (χ2v) is 9.10. The molecule has 0 spiro atoms. The zero-order valence-corrected chi connectivity index (χ0v) is 19.9. The number of nitrogens with one attached hydrogen (secondary N) is 1. The zero-order chi connectivity index (χ0) is 24.6. The Hall–Kier alpha value is -3.68. The van der Waals surface area contributed by atoms with Gasteiger partial charge in [0.05, 0.1) is 0 Å². The van der Waals surface area contributed by atoms with Crippen molar-refractivity contribution in [1.82, 2.24) is 20.0 Å². The van der Waals surface area contributed by atoms with Gasteiger partial charge < -0.3 is 20.0 Å². The van der Waals surface area contributed by atoms with E-state index in [9.17, 15) is 19.2 Å². The fraction of sp³-hybridized carbons (Fsp3) is 0.407. The van der Waals surface area contributed by atoms with E-state index >= 15 is 0 Å². The molecule has 0 saturated carbocycles. The third-order valence-corrected chi connectivity index (χ3v) is 6.72. The molecular weight excluding hydrogens is 444 g/mol. The molecule has 184 valence electrons. The number of piperazine rings is 2. The first-order valence-corrected chi connectivity index (χ1v) is 12.3. The van der Waals surface area contributed by atoms with Crippen molar-refractivity contribution < 1.29 is 19.2 Å². The highest BCUT2D eigenvalue weighted by atomic mass is 16.2. The molecule has 2 aliphatic heterocycles. The summed E-state index contributed by atoms with van der Waals surface area (Å²) in [6, 6.07) is 19.5. The predicted octanol–water partition coefficient (Wildman–Crippen LogP) is 1.60. The number of benzene rings is 2. The Bertz CT molecular complexity index is 1040. The van der Waals surface area contributed by atoms with Crippen molar-refractivity contribution in [1.29, 1.82) is 0 Å². The van der Waals surface area contributed by atoms with Gasteiger partial charge in [0.15, 0.2) is 0 Å². The second kappa shape index (κ2) is 11.6. The molecule has 0 bridgehead atoms. The average Bonchev–Trinajstić information content (AvgIpc) is 2.89. The average molecular weight is 477 g/mol. The highest BCUT2D eigenvalue weighted by Crippen LogP contribution is 2.17. The fourth-order valence-electron chi connectivity index (χ4n) is 4.66. The van der Waals surface area contributed by atoms with Crippen LogP contribution in [0, 0.1) is 0 Å². The molecular formula is C27H32N4O4. The van der Waals surface area contributed by atoms with E-state index in [4.69, 9.17) is 0 Å². The number of unbranched alkanes of at least 4 members (excludes halogenated alkanes) is 1. The fourth-order valence-corrected chi connectivity index (χ4v) is 4.66. The summed E-state index contributed by atoms with van der Waals surface area (Å²) in [6.07, 6.45) is 2.98. The summed E-state index contributed by atoms with van der Waals surface area (Å²) >= 11 is 0. The molecule has 0 radical (unpaired) electrons. The van der Waals surface area contributed by atoms with E-state index < -0.39 is 23.6 Å². The van der Waals surface area contributed by atoms with E-state index in [1.807, 2.05) is 60.7 Å². The Morgan fingerprint density at radius 1 is 0.714 bits per heavy atom. The minimum atomic E-state index is -0.563. The highest BCUT2D eigenvalue weighted by molar-refractivity contribution is 6.36. The van der Waals surface area contributed by atoms with Crippen molar-refractivity contribution in [2.24, 2.45) is 0 Å². The van der Waals surface area contributed by atoms with E-state index in [1.165, 1.54) is 0 Å². The molecule has 1 atom stereocenters. The van der Waals surface area contributed by atoms with Crippen LogP contribution in [0.25, 0.3) is 0 Å². The van der Waals surface area contributed by atoms with Crippen LogP contribution in [0.4, 0.5) is 0 Å². The Balaban J connectivity index is 1.22. The zero-order valence-electron chi connectivity index (χ0n) is 19.9. The van der Waals surface area contributed by atoms with Gasteiger partial charge in [0.1, 0.15) is 0 Å². The molecule has 0 aromatic heterocycles. The summed E-state index contributed by atoms with van der Waals surface area (Å²) in [5, 5.41) is 2.68. The molecule has 2 aliphatic rings. The van der Waals surface area contributed by atoms with Crippen LogP contribution in [-0.2, 0) is 32.1 Å². The predicted molar refractivity (Wildman–Crippen MR) is 131 cm³/mol. The highest BCUT2D eigenvalue weighted by Gasteiger charge is 2.34. The molecule has 2 saturated heterocycles. The van der Waals surface area contributed by atoms with Crippen LogP contribution in [0.2, 0.25) is 0 Å². The summed E-state index contributed by atoms with van der Waals surface area (Å²) in [6.45, 7) is 2.97. The topological polar surface area (TPSA) is 90.0 Å². The summed E-state index contributed by atoms with van der Waals surface area (Å²) in [7, 11) is 0. The van der Waals surface area contributed by atoms with Crippen LogP contribution in [0.15, 0.2) is 60.7 Å². The van der Waals surface area contributed by atoms with Crippen molar-refractivity contribution in [2.45, 2.75) is 38.3 Å². The molecule has 4 rings (SSSR count). The van der Waals surface area contributed by atoms with Crippen molar-refractivity contribution in [2.75, 3.05) is 32.7 Å². The van der Waals surface area contributed by atoms with E-state index in [-0.39, 0.29) is 6.04 Å². The SMILES string of the molecule is O=C1NC[C@H](CCCCN2CCN(CCc3ccccc3)C(=O)C2=O)N(Cc2ccccc2)C1=O. The number of carbonyl (C=O) groups excluding carboxylic acids is 4. The van der Waals surface area contributed by atoms with Gasteiger partial charge in [-0.15, -0.1) is 0 Å². The smallest absolute Gasteiger partial charge is 0.312 e. The van der Waals surface area contributed by atoms with Crippen molar-refractivity contribution in [3.05, 3.63) is 71.8 Å². The normalized spacial score (nSPS) is 18.7.